The molecule has 4 heterocycles. The van der Waals surface area contributed by atoms with Crippen LogP contribution < -0.4 is 4.90 Å². The normalized spacial score (nSPS) is 26.1. The molecule has 4 rings (SSSR count). The van der Waals surface area contributed by atoms with Crippen molar-refractivity contribution in [1.29, 1.82) is 0 Å². The van der Waals surface area contributed by atoms with E-state index in [0.717, 1.165) is 36.6 Å². The topological polar surface area (TPSA) is 50.1 Å². The zero-order valence-corrected chi connectivity index (χ0v) is 11.6. The highest BCUT2D eigenvalue weighted by Crippen LogP contribution is 2.32. The quantitative estimate of drug-likeness (QED) is 0.802. The molecule has 0 N–H and O–H groups in total. The van der Waals surface area contributed by atoms with E-state index in [1.54, 1.807) is 17.2 Å². The van der Waals surface area contributed by atoms with Gasteiger partial charge in [0.15, 0.2) is 5.82 Å². The number of likely N-dealkylation sites (tertiary alicyclic amines) is 1. The number of hydrogen-bond donors (Lipinski definition) is 0. The summed E-state index contributed by atoms with van der Waals surface area (Å²) in [5, 5.41) is 4.22. The molecule has 2 atom stereocenters. The fourth-order valence-corrected chi connectivity index (χ4v) is 3.45. The van der Waals surface area contributed by atoms with Crippen LogP contribution in [0.4, 0.5) is 5.82 Å². The third-order valence-electron chi connectivity index (χ3n) is 4.37. The molecule has 0 radical (unpaired) electrons. The van der Waals surface area contributed by atoms with Crippen molar-refractivity contribution >= 4 is 5.82 Å². The molecular weight excluding hydrogens is 252 g/mol. The number of rotatable bonds is 2. The molecule has 0 aliphatic carbocycles. The highest BCUT2D eigenvalue weighted by Gasteiger charge is 2.39. The van der Waals surface area contributed by atoms with Gasteiger partial charge in [-0.15, -0.1) is 0 Å². The summed E-state index contributed by atoms with van der Waals surface area (Å²) < 4.78 is 1.77. The molecule has 0 saturated carbocycles. The van der Waals surface area contributed by atoms with Crippen LogP contribution in [0.25, 0.3) is 5.82 Å². The minimum Gasteiger partial charge on any atom is -0.356 e. The molecule has 104 valence electrons. The Labute approximate surface area is 118 Å². The third-order valence-corrected chi connectivity index (χ3v) is 4.37. The van der Waals surface area contributed by atoms with Gasteiger partial charge in [-0.25, -0.2) is 14.6 Å². The summed E-state index contributed by atoms with van der Waals surface area (Å²) in [7, 11) is 2.21. The van der Waals surface area contributed by atoms with Gasteiger partial charge in [-0.2, -0.15) is 5.10 Å². The third kappa shape index (κ3) is 1.96. The minimum atomic E-state index is 0.781. The first kappa shape index (κ1) is 11.8. The molecule has 2 unspecified atom stereocenters. The van der Waals surface area contributed by atoms with Gasteiger partial charge in [0, 0.05) is 44.6 Å². The summed E-state index contributed by atoms with van der Waals surface area (Å²) >= 11 is 0. The number of anilines is 1. The van der Waals surface area contributed by atoms with Crippen molar-refractivity contribution in [3.8, 4) is 5.82 Å². The van der Waals surface area contributed by atoms with Crippen LogP contribution in [0.2, 0.25) is 0 Å². The summed E-state index contributed by atoms with van der Waals surface area (Å²) in [6.07, 6.45) is 5.30. The standard InChI is InChI=1S/C14H18N6/c1-18-6-11-8-19(9-12(11)7-18)13-5-14(16-10-15-13)20-4-2-3-17-20/h2-5,10-12H,6-9H2,1H3. The molecule has 6 heteroatoms. The lowest BCUT2D eigenvalue weighted by atomic mass is 10.0. The Morgan fingerprint density at radius 2 is 1.80 bits per heavy atom. The second-order valence-corrected chi connectivity index (χ2v) is 5.83. The average Bonchev–Trinajstić information content (AvgIpc) is 3.13. The van der Waals surface area contributed by atoms with Gasteiger partial charge in [0.25, 0.3) is 0 Å². The Balaban J connectivity index is 1.57. The molecule has 0 spiro atoms. The molecule has 20 heavy (non-hydrogen) atoms. The van der Waals surface area contributed by atoms with E-state index in [4.69, 9.17) is 0 Å². The molecule has 0 amide bonds. The van der Waals surface area contributed by atoms with Gasteiger partial charge >= 0.3 is 0 Å². The predicted molar refractivity (Wildman–Crippen MR) is 75.8 cm³/mol. The maximum Gasteiger partial charge on any atom is 0.158 e. The molecule has 0 bridgehead atoms. The summed E-state index contributed by atoms with van der Waals surface area (Å²) in [5.41, 5.74) is 0. The first-order valence-electron chi connectivity index (χ1n) is 7.05. The zero-order chi connectivity index (χ0) is 13.5. The first-order chi connectivity index (χ1) is 9.79. The number of aromatic nitrogens is 4. The van der Waals surface area contributed by atoms with Crippen LogP contribution in [0.5, 0.6) is 0 Å². The number of nitrogens with zero attached hydrogens (tertiary/aromatic N) is 6. The van der Waals surface area contributed by atoms with Gasteiger partial charge in [0.2, 0.25) is 0 Å². The van der Waals surface area contributed by atoms with Crippen LogP contribution >= 0.6 is 0 Å². The largest absolute Gasteiger partial charge is 0.356 e. The van der Waals surface area contributed by atoms with E-state index in [1.165, 1.54) is 13.1 Å². The Kier molecular flexibility index (Phi) is 2.70. The number of fused-ring (bicyclic) bond motifs is 1. The Morgan fingerprint density at radius 1 is 1.05 bits per heavy atom. The SMILES string of the molecule is CN1CC2CN(c3cc(-n4cccn4)ncn3)CC2C1. The Morgan fingerprint density at radius 3 is 2.50 bits per heavy atom. The summed E-state index contributed by atoms with van der Waals surface area (Å²) in [6.45, 7) is 4.62. The maximum absolute atomic E-state index is 4.44. The average molecular weight is 270 g/mol. The van der Waals surface area contributed by atoms with Crippen LogP contribution in [0.3, 0.4) is 0 Å². The van der Waals surface area contributed by atoms with Crippen molar-refractivity contribution in [2.75, 3.05) is 38.1 Å². The van der Waals surface area contributed by atoms with Crippen molar-refractivity contribution in [2.45, 2.75) is 0 Å². The molecule has 2 aromatic heterocycles. The second kappa shape index (κ2) is 4.56. The van der Waals surface area contributed by atoms with E-state index in [0.29, 0.717) is 0 Å². The van der Waals surface area contributed by atoms with Crippen molar-refractivity contribution < 1.29 is 0 Å². The van der Waals surface area contributed by atoms with Gasteiger partial charge < -0.3 is 9.80 Å². The minimum absolute atomic E-state index is 0.781. The van der Waals surface area contributed by atoms with Gasteiger partial charge in [-0.3, -0.25) is 0 Å². The van der Waals surface area contributed by atoms with Gasteiger partial charge in [-0.05, 0) is 24.9 Å². The lowest BCUT2D eigenvalue weighted by Crippen LogP contribution is -2.27. The molecule has 0 aromatic carbocycles. The van der Waals surface area contributed by atoms with E-state index < -0.39 is 0 Å². The maximum atomic E-state index is 4.44. The monoisotopic (exact) mass is 270 g/mol. The van der Waals surface area contributed by atoms with E-state index >= 15 is 0 Å². The zero-order valence-electron chi connectivity index (χ0n) is 11.6. The van der Waals surface area contributed by atoms with E-state index in [9.17, 15) is 0 Å². The molecular formula is C14H18N6. The van der Waals surface area contributed by atoms with E-state index in [2.05, 4.69) is 31.9 Å². The summed E-state index contributed by atoms with van der Waals surface area (Å²) in [5.74, 6) is 3.41. The van der Waals surface area contributed by atoms with Gasteiger partial charge in [-0.1, -0.05) is 0 Å². The number of hydrogen-bond acceptors (Lipinski definition) is 5. The smallest absolute Gasteiger partial charge is 0.158 e. The van der Waals surface area contributed by atoms with Crippen LogP contribution in [-0.4, -0.2) is 57.9 Å². The lowest BCUT2D eigenvalue weighted by Gasteiger charge is -2.20. The van der Waals surface area contributed by atoms with Crippen molar-refractivity contribution in [3.05, 3.63) is 30.9 Å². The summed E-state index contributed by atoms with van der Waals surface area (Å²) in [6, 6.07) is 3.93. The highest BCUT2D eigenvalue weighted by molar-refractivity contribution is 5.44. The fraction of sp³-hybridized carbons (Fsp3) is 0.500. The van der Waals surface area contributed by atoms with E-state index in [-0.39, 0.29) is 0 Å². The molecule has 2 fully saturated rings. The molecule has 2 aromatic rings. The first-order valence-corrected chi connectivity index (χ1v) is 7.05. The van der Waals surface area contributed by atoms with Crippen LogP contribution in [0.1, 0.15) is 0 Å². The lowest BCUT2D eigenvalue weighted by molar-refractivity contribution is 0.387. The van der Waals surface area contributed by atoms with Gasteiger partial charge in [0.05, 0.1) is 0 Å². The van der Waals surface area contributed by atoms with Crippen LogP contribution in [0, 0.1) is 11.8 Å². The van der Waals surface area contributed by atoms with Crippen molar-refractivity contribution in [2.24, 2.45) is 11.8 Å². The van der Waals surface area contributed by atoms with Crippen LogP contribution in [0.15, 0.2) is 30.9 Å². The second-order valence-electron chi connectivity index (χ2n) is 5.83. The van der Waals surface area contributed by atoms with Crippen molar-refractivity contribution in [3.63, 3.8) is 0 Å². The molecule has 2 aliphatic heterocycles. The van der Waals surface area contributed by atoms with Gasteiger partial charge in [0.1, 0.15) is 12.1 Å². The highest BCUT2D eigenvalue weighted by atomic mass is 15.3. The van der Waals surface area contributed by atoms with Crippen LogP contribution in [-0.2, 0) is 0 Å². The Hall–Kier alpha value is -1.95. The molecule has 2 aliphatic rings. The molecule has 2 saturated heterocycles. The van der Waals surface area contributed by atoms with Crippen molar-refractivity contribution in [1.82, 2.24) is 24.6 Å². The predicted octanol–water partition coefficient (Wildman–Crippen LogP) is 0.660. The summed E-state index contributed by atoms with van der Waals surface area (Å²) in [4.78, 5) is 13.5. The molecule has 6 nitrogen and oxygen atoms in total. The Bertz CT molecular complexity index is 581. The fourth-order valence-electron chi connectivity index (χ4n) is 3.45. The van der Waals surface area contributed by atoms with E-state index in [1.807, 2.05) is 18.3 Å².